The van der Waals surface area contributed by atoms with Gasteiger partial charge in [-0.3, -0.25) is 23.4 Å². The summed E-state index contributed by atoms with van der Waals surface area (Å²) in [7, 11) is -4.50. The largest absolute Gasteiger partial charge is 0.472 e. The summed E-state index contributed by atoms with van der Waals surface area (Å²) in [4.78, 5) is 46.6. The average Bonchev–Trinajstić information content (AvgIpc) is 3.17. The van der Waals surface area contributed by atoms with Crippen LogP contribution in [0.3, 0.4) is 0 Å². The molecule has 0 saturated carbocycles. The molecule has 0 aliphatic rings. The first-order chi connectivity index (χ1) is 26.7. The number of ether oxygens (including phenoxy) is 2. The first kappa shape index (κ1) is 53.0. The number of hydrogen-bond donors (Lipinski definition) is 2. The smallest absolute Gasteiger partial charge is 0.462 e. The maximum Gasteiger partial charge on any atom is 0.472 e. The van der Waals surface area contributed by atoms with Crippen molar-refractivity contribution in [2.45, 2.75) is 213 Å². The zero-order valence-electron chi connectivity index (χ0n) is 35.4. The molecule has 0 aromatic rings. The van der Waals surface area contributed by atoms with Crippen molar-refractivity contribution in [1.29, 1.82) is 0 Å². The molecule has 0 spiro atoms. The Labute approximate surface area is 336 Å². The van der Waals surface area contributed by atoms with E-state index in [1.165, 1.54) is 89.9 Å². The average molecular weight is 800 g/mol. The minimum atomic E-state index is -4.50. The van der Waals surface area contributed by atoms with Crippen LogP contribution in [-0.2, 0) is 37.5 Å². The number of allylic oxidation sites excluding steroid dienone is 4. The molecule has 0 radical (unpaired) electrons. The van der Waals surface area contributed by atoms with Crippen molar-refractivity contribution in [1.82, 2.24) is 5.32 Å². The number of rotatable bonds is 41. The van der Waals surface area contributed by atoms with Crippen molar-refractivity contribution in [3.63, 3.8) is 0 Å². The van der Waals surface area contributed by atoms with Crippen LogP contribution in [-0.4, -0.2) is 55.2 Å². The van der Waals surface area contributed by atoms with E-state index in [1.54, 1.807) is 6.92 Å². The van der Waals surface area contributed by atoms with Crippen molar-refractivity contribution in [3.8, 4) is 0 Å². The van der Waals surface area contributed by atoms with Gasteiger partial charge in [0.1, 0.15) is 6.61 Å². The van der Waals surface area contributed by atoms with Gasteiger partial charge in [-0.2, -0.15) is 0 Å². The number of esters is 2. The first-order valence-electron chi connectivity index (χ1n) is 22.3. The van der Waals surface area contributed by atoms with E-state index < -0.39 is 32.5 Å². The van der Waals surface area contributed by atoms with Gasteiger partial charge in [-0.15, -0.1) is 0 Å². The summed E-state index contributed by atoms with van der Waals surface area (Å²) < 4.78 is 33.3. The summed E-state index contributed by atoms with van der Waals surface area (Å²) in [6.07, 6.45) is 39.1. The molecule has 322 valence electrons. The van der Waals surface area contributed by atoms with E-state index in [0.717, 1.165) is 64.2 Å². The second-order valence-corrected chi connectivity index (χ2v) is 16.2. The molecule has 55 heavy (non-hydrogen) atoms. The summed E-state index contributed by atoms with van der Waals surface area (Å²) in [5.41, 5.74) is 0. The van der Waals surface area contributed by atoms with Crippen molar-refractivity contribution in [3.05, 3.63) is 24.3 Å². The van der Waals surface area contributed by atoms with Gasteiger partial charge in [0.2, 0.25) is 5.91 Å². The van der Waals surface area contributed by atoms with Crippen LogP contribution >= 0.6 is 7.82 Å². The van der Waals surface area contributed by atoms with Gasteiger partial charge >= 0.3 is 19.8 Å². The molecule has 10 nitrogen and oxygen atoms in total. The van der Waals surface area contributed by atoms with Crippen LogP contribution in [0.2, 0.25) is 0 Å². The predicted octanol–water partition coefficient (Wildman–Crippen LogP) is 12.2. The number of carbonyl (C=O) groups is 3. The molecule has 0 aliphatic heterocycles. The van der Waals surface area contributed by atoms with Gasteiger partial charge in [-0.1, -0.05) is 148 Å². The van der Waals surface area contributed by atoms with Crippen LogP contribution in [0.5, 0.6) is 0 Å². The molecular formula is C44H82NO9P. The maximum absolute atomic E-state index is 12.7. The molecule has 0 bridgehead atoms. The summed E-state index contributed by atoms with van der Waals surface area (Å²) in [6, 6.07) is 0. The molecule has 2 atom stereocenters. The van der Waals surface area contributed by atoms with Gasteiger partial charge in [0.25, 0.3) is 0 Å². The highest BCUT2D eigenvalue weighted by atomic mass is 31.2. The zero-order valence-corrected chi connectivity index (χ0v) is 36.3. The summed E-state index contributed by atoms with van der Waals surface area (Å²) in [6.45, 7) is 5.23. The van der Waals surface area contributed by atoms with E-state index in [9.17, 15) is 23.8 Å². The van der Waals surface area contributed by atoms with E-state index in [-0.39, 0.29) is 44.9 Å². The Hall–Kier alpha value is -2.00. The number of amides is 1. The van der Waals surface area contributed by atoms with Gasteiger partial charge in [0.05, 0.1) is 13.2 Å². The second kappa shape index (κ2) is 40.2. The zero-order chi connectivity index (χ0) is 40.5. The Bertz CT molecular complexity index is 1020. The number of carbonyl (C=O) groups excluding carboxylic acids is 3. The summed E-state index contributed by atoms with van der Waals surface area (Å²) in [5.74, 6) is -1.10. The van der Waals surface area contributed by atoms with Crippen molar-refractivity contribution >= 4 is 25.7 Å². The molecule has 0 aromatic carbocycles. The highest BCUT2D eigenvalue weighted by Gasteiger charge is 2.26. The lowest BCUT2D eigenvalue weighted by atomic mass is 10.1. The van der Waals surface area contributed by atoms with Crippen LogP contribution in [0.15, 0.2) is 24.3 Å². The van der Waals surface area contributed by atoms with Crippen LogP contribution in [0.25, 0.3) is 0 Å². The van der Waals surface area contributed by atoms with E-state index in [0.29, 0.717) is 12.8 Å². The maximum atomic E-state index is 12.7. The predicted molar refractivity (Wildman–Crippen MR) is 225 cm³/mol. The molecule has 0 heterocycles. The highest BCUT2D eigenvalue weighted by Crippen LogP contribution is 2.43. The van der Waals surface area contributed by atoms with Crippen molar-refractivity contribution in [2.75, 3.05) is 26.4 Å². The van der Waals surface area contributed by atoms with Gasteiger partial charge < -0.3 is 19.7 Å². The number of phosphoric ester groups is 1. The second-order valence-electron chi connectivity index (χ2n) is 14.8. The lowest BCUT2D eigenvalue weighted by Crippen LogP contribution is -2.30. The molecule has 1 unspecified atom stereocenters. The first-order valence-corrected chi connectivity index (χ1v) is 23.8. The molecule has 1 amide bonds. The molecule has 0 fully saturated rings. The van der Waals surface area contributed by atoms with Crippen LogP contribution < -0.4 is 5.32 Å². The van der Waals surface area contributed by atoms with E-state index in [2.05, 4.69) is 43.5 Å². The molecule has 0 aromatic heterocycles. The third-order valence-corrected chi connectivity index (χ3v) is 10.4. The molecule has 2 N–H and O–H groups in total. The highest BCUT2D eigenvalue weighted by molar-refractivity contribution is 7.47. The summed E-state index contributed by atoms with van der Waals surface area (Å²) >= 11 is 0. The fourth-order valence-electron chi connectivity index (χ4n) is 5.99. The van der Waals surface area contributed by atoms with Gasteiger partial charge in [0, 0.05) is 25.8 Å². The third-order valence-electron chi connectivity index (χ3n) is 9.44. The number of hydrogen-bond acceptors (Lipinski definition) is 8. The lowest BCUT2D eigenvalue weighted by Gasteiger charge is -2.20. The summed E-state index contributed by atoms with van der Waals surface area (Å²) in [5, 5.41) is 2.55. The SMILES string of the molecule is CCCCCCCC/C=C\CCCCCCCC(=O)OC[C@H](COP(=O)(O)OCCNC(=O)CC)OC(=O)CCCCCCC/C=C\CCCCCCCC. The monoisotopic (exact) mass is 800 g/mol. The third kappa shape index (κ3) is 40.0. The van der Waals surface area contributed by atoms with Crippen molar-refractivity contribution < 1.29 is 42.4 Å². The fraction of sp³-hybridized carbons (Fsp3) is 0.841. The standard InChI is InChI=1S/C44H82NO9P/c1-4-7-9-11-13-15-17-19-21-23-25-27-29-31-33-35-43(47)51-39-41(40-53-55(49,50)52-38-37-45-42(46)6-3)54-44(48)36-34-32-30-28-26-24-22-20-18-16-14-12-10-8-5-2/h19-22,41H,4-18,23-40H2,1-3H3,(H,45,46)(H,49,50)/b21-19-,22-20-/t41-/m1/s1. The molecule has 11 heteroatoms. The normalized spacial score (nSPS) is 13.3. The van der Waals surface area contributed by atoms with E-state index >= 15 is 0 Å². The van der Waals surface area contributed by atoms with E-state index in [1.807, 2.05) is 0 Å². The van der Waals surface area contributed by atoms with Crippen LogP contribution in [0.1, 0.15) is 207 Å². The van der Waals surface area contributed by atoms with Gasteiger partial charge in [-0.05, 0) is 64.2 Å². The Kier molecular flexibility index (Phi) is 38.7. The quantitative estimate of drug-likeness (QED) is 0.0268. The topological polar surface area (TPSA) is 137 Å². The Morgan fingerprint density at radius 3 is 1.44 bits per heavy atom. The van der Waals surface area contributed by atoms with Gasteiger partial charge in [0.15, 0.2) is 6.10 Å². The minimum Gasteiger partial charge on any atom is -0.462 e. The Morgan fingerprint density at radius 2 is 0.982 bits per heavy atom. The number of unbranched alkanes of at least 4 members (excludes halogenated alkanes) is 22. The van der Waals surface area contributed by atoms with E-state index in [4.69, 9.17) is 18.5 Å². The fourth-order valence-corrected chi connectivity index (χ4v) is 6.74. The Balaban J connectivity index is 4.41. The molecule has 0 saturated heterocycles. The molecule has 0 rings (SSSR count). The van der Waals surface area contributed by atoms with Crippen LogP contribution in [0.4, 0.5) is 0 Å². The van der Waals surface area contributed by atoms with Crippen LogP contribution in [0, 0.1) is 0 Å². The Morgan fingerprint density at radius 1 is 0.564 bits per heavy atom. The lowest BCUT2D eigenvalue weighted by molar-refractivity contribution is -0.161. The number of phosphoric acid groups is 1. The van der Waals surface area contributed by atoms with Crippen molar-refractivity contribution in [2.24, 2.45) is 0 Å². The molecule has 0 aliphatic carbocycles. The minimum absolute atomic E-state index is 0.0446. The van der Waals surface area contributed by atoms with Gasteiger partial charge in [-0.25, -0.2) is 4.57 Å². The molecular weight excluding hydrogens is 717 g/mol. The number of nitrogens with one attached hydrogen (secondary N) is 1.